The minimum atomic E-state index is -4.17. The second kappa shape index (κ2) is 6.11. The van der Waals surface area contributed by atoms with Crippen molar-refractivity contribution in [2.45, 2.75) is 18.6 Å². The van der Waals surface area contributed by atoms with E-state index in [1.54, 1.807) is 24.3 Å². The van der Waals surface area contributed by atoms with Gasteiger partial charge in [0.25, 0.3) is 0 Å². The molecule has 0 saturated carbocycles. The molecule has 1 heterocycles. The van der Waals surface area contributed by atoms with Crippen molar-refractivity contribution in [2.24, 2.45) is 0 Å². The molecule has 6 heteroatoms. The summed E-state index contributed by atoms with van der Waals surface area (Å²) in [5.74, 6) is 0. The Balaban J connectivity index is 2.19. The second-order valence-electron chi connectivity index (χ2n) is 4.67. The van der Waals surface area contributed by atoms with Gasteiger partial charge >= 0.3 is 6.18 Å². The van der Waals surface area contributed by atoms with Gasteiger partial charge < -0.3 is 5.32 Å². The van der Waals surface area contributed by atoms with Crippen molar-refractivity contribution in [3.8, 4) is 0 Å². The highest BCUT2D eigenvalue weighted by Crippen LogP contribution is 2.34. The van der Waals surface area contributed by atoms with E-state index in [0.29, 0.717) is 23.7 Å². The van der Waals surface area contributed by atoms with Crippen molar-refractivity contribution < 1.29 is 13.2 Å². The molecule has 2 rings (SSSR count). The summed E-state index contributed by atoms with van der Waals surface area (Å²) in [4.78, 5) is 1.88. The van der Waals surface area contributed by atoms with E-state index in [1.165, 1.54) is 0 Å². The Morgan fingerprint density at radius 2 is 1.74 bits per heavy atom. The SMILES string of the molecule is FC(F)(F)C[C@@H](c1ccc(Cl)cc1)N1CCNCC1. The van der Waals surface area contributed by atoms with E-state index in [-0.39, 0.29) is 0 Å². The van der Waals surface area contributed by atoms with Gasteiger partial charge in [-0.25, -0.2) is 0 Å². The van der Waals surface area contributed by atoms with Gasteiger partial charge in [-0.1, -0.05) is 23.7 Å². The van der Waals surface area contributed by atoms with Crippen LogP contribution < -0.4 is 5.32 Å². The summed E-state index contributed by atoms with van der Waals surface area (Å²) in [6.07, 6.45) is -5.00. The number of hydrogen-bond donors (Lipinski definition) is 1. The molecule has 1 fully saturated rings. The van der Waals surface area contributed by atoms with Crippen molar-refractivity contribution in [1.82, 2.24) is 10.2 Å². The third-order valence-electron chi connectivity index (χ3n) is 3.27. The van der Waals surface area contributed by atoms with E-state index in [4.69, 9.17) is 11.6 Å². The molecule has 0 bridgehead atoms. The van der Waals surface area contributed by atoms with E-state index in [2.05, 4.69) is 5.32 Å². The van der Waals surface area contributed by atoms with E-state index in [1.807, 2.05) is 4.90 Å². The molecule has 0 radical (unpaired) electrons. The third-order valence-corrected chi connectivity index (χ3v) is 3.52. The highest BCUT2D eigenvalue weighted by molar-refractivity contribution is 6.30. The predicted octanol–water partition coefficient (Wildman–Crippen LogP) is 3.24. The van der Waals surface area contributed by atoms with Gasteiger partial charge in [0.1, 0.15) is 0 Å². The van der Waals surface area contributed by atoms with Crippen molar-refractivity contribution in [1.29, 1.82) is 0 Å². The summed E-state index contributed by atoms with van der Waals surface area (Å²) in [6.45, 7) is 2.70. The number of benzene rings is 1. The largest absolute Gasteiger partial charge is 0.390 e. The summed E-state index contributed by atoms with van der Waals surface area (Å²) < 4.78 is 38.3. The van der Waals surface area contributed by atoms with E-state index < -0.39 is 18.6 Å². The molecule has 1 saturated heterocycles. The fraction of sp³-hybridized carbons (Fsp3) is 0.538. The highest BCUT2D eigenvalue weighted by atomic mass is 35.5. The Labute approximate surface area is 115 Å². The first-order valence-corrected chi connectivity index (χ1v) is 6.60. The molecule has 1 aliphatic heterocycles. The zero-order valence-corrected chi connectivity index (χ0v) is 11.1. The van der Waals surface area contributed by atoms with Crippen LogP contribution in [0.4, 0.5) is 13.2 Å². The van der Waals surface area contributed by atoms with Crippen LogP contribution in [0.2, 0.25) is 5.02 Å². The first-order valence-electron chi connectivity index (χ1n) is 6.23. The lowest BCUT2D eigenvalue weighted by Gasteiger charge is -2.35. The van der Waals surface area contributed by atoms with Gasteiger partial charge in [0.15, 0.2) is 0 Å². The molecule has 106 valence electrons. The first-order chi connectivity index (χ1) is 8.96. The fourth-order valence-electron chi connectivity index (χ4n) is 2.36. The molecular formula is C13H16ClF3N2. The number of piperazine rings is 1. The zero-order valence-electron chi connectivity index (χ0n) is 10.4. The monoisotopic (exact) mass is 292 g/mol. The maximum absolute atomic E-state index is 12.8. The Morgan fingerprint density at radius 3 is 2.26 bits per heavy atom. The van der Waals surface area contributed by atoms with Gasteiger partial charge in [0, 0.05) is 37.2 Å². The average Bonchev–Trinajstić information content (AvgIpc) is 2.37. The molecule has 0 unspecified atom stereocenters. The molecule has 2 nitrogen and oxygen atoms in total. The lowest BCUT2D eigenvalue weighted by Crippen LogP contribution is -2.46. The summed E-state index contributed by atoms with van der Waals surface area (Å²) in [5.41, 5.74) is 0.670. The van der Waals surface area contributed by atoms with Crippen LogP contribution in [-0.4, -0.2) is 37.3 Å². The number of hydrogen-bond acceptors (Lipinski definition) is 2. The van der Waals surface area contributed by atoms with Gasteiger partial charge in [-0.15, -0.1) is 0 Å². The highest BCUT2D eigenvalue weighted by Gasteiger charge is 2.35. The summed E-state index contributed by atoms with van der Waals surface area (Å²) in [7, 11) is 0. The topological polar surface area (TPSA) is 15.3 Å². The third kappa shape index (κ3) is 4.37. The number of nitrogens with zero attached hydrogens (tertiary/aromatic N) is 1. The minimum Gasteiger partial charge on any atom is -0.314 e. The van der Waals surface area contributed by atoms with Gasteiger partial charge in [-0.2, -0.15) is 13.2 Å². The number of halogens is 4. The second-order valence-corrected chi connectivity index (χ2v) is 5.11. The van der Waals surface area contributed by atoms with Gasteiger partial charge in [-0.3, -0.25) is 4.90 Å². The van der Waals surface area contributed by atoms with Crippen LogP contribution >= 0.6 is 11.6 Å². The summed E-state index contributed by atoms with van der Waals surface area (Å²) >= 11 is 5.79. The molecule has 1 N–H and O–H groups in total. The van der Waals surface area contributed by atoms with Gasteiger partial charge in [-0.05, 0) is 17.7 Å². The molecule has 1 aromatic rings. The lowest BCUT2D eigenvalue weighted by atomic mass is 10.0. The van der Waals surface area contributed by atoms with Gasteiger partial charge in [0.2, 0.25) is 0 Å². The Morgan fingerprint density at radius 1 is 1.16 bits per heavy atom. The molecule has 0 amide bonds. The van der Waals surface area contributed by atoms with Crippen LogP contribution in [0.25, 0.3) is 0 Å². The smallest absolute Gasteiger partial charge is 0.314 e. The standard InChI is InChI=1S/C13H16ClF3N2/c14-11-3-1-10(2-4-11)12(9-13(15,16)17)19-7-5-18-6-8-19/h1-4,12,18H,5-9H2/t12-/m0/s1. The Hall–Kier alpha value is -0.780. The van der Waals surface area contributed by atoms with Crippen LogP contribution in [0.15, 0.2) is 24.3 Å². The molecule has 1 atom stereocenters. The van der Waals surface area contributed by atoms with Crippen LogP contribution in [0, 0.1) is 0 Å². The quantitative estimate of drug-likeness (QED) is 0.920. The van der Waals surface area contributed by atoms with Crippen molar-refractivity contribution in [2.75, 3.05) is 26.2 Å². The molecule has 0 aromatic heterocycles. The van der Waals surface area contributed by atoms with E-state index in [9.17, 15) is 13.2 Å². The van der Waals surface area contributed by atoms with Crippen molar-refractivity contribution in [3.05, 3.63) is 34.9 Å². The number of rotatable bonds is 3. The van der Waals surface area contributed by atoms with Crippen LogP contribution in [-0.2, 0) is 0 Å². The predicted molar refractivity (Wildman–Crippen MR) is 69.3 cm³/mol. The molecule has 0 aliphatic carbocycles. The maximum atomic E-state index is 12.8. The van der Waals surface area contributed by atoms with Crippen molar-refractivity contribution in [3.63, 3.8) is 0 Å². The van der Waals surface area contributed by atoms with Crippen LogP contribution in [0.3, 0.4) is 0 Å². The molecule has 1 aliphatic rings. The van der Waals surface area contributed by atoms with Gasteiger partial charge in [0.05, 0.1) is 6.42 Å². The maximum Gasteiger partial charge on any atom is 0.390 e. The Bertz CT molecular complexity index is 399. The summed E-state index contributed by atoms with van der Waals surface area (Å²) in [6, 6.07) is 6.02. The normalized spacial score (nSPS) is 19.4. The minimum absolute atomic E-state index is 0.537. The average molecular weight is 293 g/mol. The lowest BCUT2D eigenvalue weighted by molar-refractivity contribution is -0.148. The van der Waals surface area contributed by atoms with E-state index >= 15 is 0 Å². The molecule has 19 heavy (non-hydrogen) atoms. The number of alkyl halides is 3. The summed E-state index contributed by atoms with van der Waals surface area (Å²) in [5, 5.41) is 3.69. The van der Waals surface area contributed by atoms with E-state index in [0.717, 1.165) is 13.1 Å². The molecule has 0 spiro atoms. The fourth-order valence-corrected chi connectivity index (χ4v) is 2.48. The molecule has 1 aromatic carbocycles. The molecular weight excluding hydrogens is 277 g/mol. The Kier molecular flexibility index (Phi) is 4.71. The van der Waals surface area contributed by atoms with Crippen LogP contribution in [0.5, 0.6) is 0 Å². The zero-order chi connectivity index (χ0) is 13.9. The first kappa shape index (κ1) is 14.6. The van der Waals surface area contributed by atoms with Crippen molar-refractivity contribution >= 4 is 11.6 Å². The van der Waals surface area contributed by atoms with Crippen LogP contribution in [0.1, 0.15) is 18.0 Å². The number of nitrogens with one attached hydrogen (secondary N) is 1.